The minimum atomic E-state index is -3.88. The molecule has 2 aromatic rings. The number of primary amides is 1. The Labute approximate surface area is 142 Å². The number of nitrogens with zero attached hydrogens (tertiary/aromatic N) is 2. The third-order valence-corrected chi connectivity index (χ3v) is 5.39. The lowest BCUT2D eigenvalue weighted by Gasteiger charge is -2.11. The minimum Gasteiger partial charge on any atom is -0.368 e. The van der Waals surface area contributed by atoms with Crippen molar-refractivity contribution < 1.29 is 13.2 Å². The predicted molar refractivity (Wildman–Crippen MR) is 90.0 cm³/mol. The second kappa shape index (κ2) is 6.67. The van der Waals surface area contributed by atoms with Gasteiger partial charge in [0.2, 0.25) is 5.91 Å². The van der Waals surface area contributed by atoms with Crippen molar-refractivity contribution in [3.05, 3.63) is 57.6 Å². The van der Waals surface area contributed by atoms with E-state index < -0.39 is 15.9 Å². The van der Waals surface area contributed by atoms with E-state index >= 15 is 0 Å². The molecule has 2 N–H and O–H groups in total. The number of carbonyl (C=O) groups is 1. The van der Waals surface area contributed by atoms with Crippen molar-refractivity contribution in [3.8, 4) is 0 Å². The van der Waals surface area contributed by atoms with Crippen LogP contribution < -0.4 is 11.2 Å². The fourth-order valence-corrected chi connectivity index (χ4v) is 3.32. The van der Waals surface area contributed by atoms with Crippen LogP contribution in [-0.4, -0.2) is 18.9 Å². The second-order valence-electron chi connectivity index (χ2n) is 5.06. The summed E-state index contributed by atoms with van der Waals surface area (Å²) in [5.41, 5.74) is 6.99. The van der Waals surface area contributed by atoms with Crippen LogP contribution in [0.4, 0.5) is 0 Å². The van der Waals surface area contributed by atoms with Crippen LogP contribution in [0.2, 0.25) is 0 Å². The number of rotatable bonds is 4. The number of benzene rings is 1. The first-order chi connectivity index (χ1) is 10.7. The smallest absolute Gasteiger partial charge is 0.284 e. The Hall–Kier alpha value is -1.93. The molecule has 0 aliphatic rings. The van der Waals surface area contributed by atoms with Crippen LogP contribution in [0.1, 0.15) is 11.3 Å². The number of halogens is 1. The van der Waals surface area contributed by atoms with Crippen molar-refractivity contribution in [2.75, 3.05) is 0 Å². The summed E-state index contributed by atoms with van der Waals surface area (Å²) in [6, 6.07) is 9.60. The number of carbonyl (C=O) groups excluding carboxylic acids is 1. The van der Waals surface area contributed by atoms with Gasteiger partial charge >= 0.3 is 0 Å². The molecule has 0 radical (unpaired) electrons. The Bertz CT molecular complexity index is 916. The Balaban J connectivity index is 2.64. The Kier molecular flexibility index (Phi) is 5.06. The van der Waals surface area contributed by atoms with Crippen molar-refractivity contribution >= 4 is 31.9 Å². The van der Waals surface area contributed by atoms with E-state index in [9.17, 15) is 13.2 Å². The van der Waals surface area contributed by atoms with Gasteiger partial charge in [0, 0.05) is 10.2 Å². The average molecular weight is 398 g/mol. The minimum absolute atomic E-state index is 0.0919. The first kappa shape index (κ1) is 17.4. The van der Waals surface area contributed by atoms with Crippen LogP contribution in [0, 0.1) is 13.8 Å². The fourth-order valence-electron chi connectivity index (χ4n) is 1.98. The van der Waals surface area contributed by atoms with E-state index in [0.29, 0.717) is 5.69 Å². The van der Waals surface area contributed by atoms with Gasteiger partial charge in [-0.2, -0.15) is 8.42 Å². The maximum absolute atomic E-state index is 12.4. The SMILES string of the molecule is Cc1ccc(S(=O)(=O)N=c2ccc(Br)c(C)n2CC(N)=O)cc1. The van der Waals surface area contributed by atoms with Crippen LogP contribution >= 0.6 is 15.9 Å². The molecule has 0 atom stereocenters. The van der Waals surface area contributed by atoms with Gasteiger partial charge in [-0.3, -0.25) is 4.79 Å². The molecule has 0 aliphatic heterocycles. The van der Waals surface area contributed by atoms with Crippen LogP contribution in [-0.2, 0) is 21.4 Å². The van der Waals surface area contributed by atoms with Crippen molar-refractivity contribution in [2.24, 2.45) is 10.1 Å². The topological polar surface area (TPSA) is 94.5 Å². The lowest BCUT2D eigenvalue weighted by Crippen LogP contribution is -2.30. The number of nitrogens with two attached hydrogens (primary N) is 1. The molecule has 1 aromatic heterocycles. The zero-order valence-corrected chi connectivity index (χ0v) is 15.1. The van der Waals surface area contributed by atoms with Gasteiger partial charge in [0.05, 0.1) is 4.90 Å². The standard InChI is InChI=1S/C15H16BrN3O3S/c1-10-3-5-12(6-4-10)23(21,22)18-15-8-7-13(16)11(2)19(15)9-14(17)20/h3-8H,9H2,1-2H3,(H2,17,20). The summed E-state index contributed by atoms with van der Waals surface area (Å²) in [5, 5.41) is 0. The molecule has 0 saturated carbocycles. The third kappa shape index (κ3) is 4.08. The number of hydrogen-bond acceptors (Lipinski definition) is 3. The van der Waals surface area contributed by atoms with E-state index in [4.69, 9.17) is 5.73 Å². The van der Waals surface area contributed by atoms with E-state index in [0.717, 1.165) is 10.0 Å². The monoisotopic (exact) mass is 397 g/mol. The number of hydrogen-bond donors (Lipinski definition) is 1. The van der Waals surface area contributed by atoms with Crippen molar-refractivity contribution in [2.45, 2.75) is 25.3 Å². The molecule has 6 nitrogen and oxygen atoms in total. The van der Waals surface area contributed by atoms with Gasteiger partial charge in [-0.25, -0.2) is 0 Å². The lowest BCUT2D eigenvalue weighted by atomic mass is 10.2. The number of aryl methyl sites for hydroxylation is 1. The number of pyridine rings is 1. The van der Waals surface area contributed by atoms with Crippen molar-refractivity contribution in [3.63, 3.8) is 0 Å². The van der Waals surface area contributed by atoms with Gasteiger partial charge in [0.1, 0.15) is 12.0 Å². The van der Waals surface area contributed by atoms with Crippen molar-refractivity contribution in [1.29, 1.82) is 0 Å². The van der Waals surface area contributed by atoms with E-state index in [-0.39, 0.29) is 16.9 Å². The Morgan fingerprint density at radius 1 is 1.17 bits per heavy atom. The van der Waals surface area contributed by atoms with Gasteiger partial charge in [-0.1, -0.05) is 17.7 Å². The third-order valence-electron chi connectivity index (χ3n) is 3.25. The number of sulfonamides is 1. The largest absolute Gasteiger partial charge is 0.368 e. The van der Waals surface area contributed by atoms with Gasteiger partial charge in [-0.15, -0.1) is 4.40 Å². The number of aromatic nitrogens is 1. The summed E-state index contributed by atoms with van der Waals surface area (Å²) >= 11 is 3.34. The van der Waals surface area contributed by atoms with Gasteiger partial charge in [0.15, 0.2) is 0 Å². The average Bonchev–Trinajstić information content (AvgIpc) is 2.47. The molecule has 0 spiro atoms. The van der Waals surface area contributed by atoms with E-state index in [1.54, 1.807) is 25.1 Å². The molecule has 0 saturated heterocycles. The van der Waals surface area contributed by atoms with Crippen molar-refractivity contribution in [1.82, 2.24) is 4.57 Å². The molecule has 1 heterocycles. The maximum Gasteiger partial charge on any atom is 0.284 e. The lowest BCUT2D eigenvalue weighted by molar-refractivity contribution is -0.118. The summed E-state index contributed by atoms with van der Waals surface area (Å²) in [4.78, 5) is 11.3. The van der Waals surface area contributed by atoms with Gasteiger partial charge in [0.25, 0.3) is 10.0 Å². The normalized spacial score (nSPS) is 12.4. The van der Waals surface area contributed by atoms with E-state index in [2.05, 4.69) is 20.3 Å². The highest BCUT2D eigenvalue weighted by atomic mass is 79.9. The summed E-state index contributed by atoms with van der Waals surface area (Å²) in [5.74, 6) is -0.583. The van der Waals surface area contributed by atoms with E-state index in [1.165, 1.54) is 22.8 Å². The summed E-state index contributed by atoms with van der Waals surface area (Å²) < 4.78 is 30.9. The quantitative estimate of drug-likeness (QED) is 0.849. The van der Waals surface area contributed by atoms with Crippen LogP contribution in [0.5, 0.6) is 0 Å². The predicted octanol–water partition coefficient (Wildman–Crippen LogP) is 1.64. The molecule has 1 aromatic carbocycles. The highest BCUT2D eigenvalue weighted by Gasteiger charge is 2.14. The maximum atomic E-state index is 12.4. The van der Waals surface area contributed by atoms with Crippen LogP contribution in [0.15, 0.2) is 50.2 Å². The molecule has 23 heavy (non-hydrogen) atoms. The zero-order chi connectivity index (χ0) is 17.2. The molecular weight excluding hydrogens is 382 g/mol. The number of amides is 1. The fraction of sp³-hybridized carbons (Fsp3) is 0.200. The summed E-state index contributed by atoms with van der Waals surface area (Å²) in [6.45, 7) is 3.45. The molecular formula is C15H16BrN3O3S. The van der Waals surface area contributed by atoms with Crippen LogP contribution in [0.25, 0.3) is 0 Å². The first-order valence-corrected chi connectivity index (χ1v) is 8.96. The molecule has 0 fully saturated rings. The summed E-state index contributed by atoms with van der Waals surface area (Å²) in [6.07, 6.45) is 0. The Morgan fingerprint density at radius 2 is 1.78 bits per heavy atom. The molecule has 0 bridgehead atoms. The van der Waals surface area contributed by atoms with Gasteiger partial charge in [-0.05, 0) is 54.0 Å². The molecule has 2 rings (SSSR count). The first-order valence-electron chi connectivity index (χ1n) is 6.72. The van der Waals surface area contributed by atoms with E-state index in [1.807, 2.05) is 6.92 Å². The second-order valence-corrected chi connectivity index (χ2v) is 7.52. The zero-order valence-electron chi connectivity index (χ0n) is 12.7. The van der Waals surface area contributed by atoms with Crippen LogP contribution in [0.3, 0.4) is 0 Å². The highest BCUT2D eigenvalue weighted by Crippen LogP contribution is 2.15. The Morgan fingerprint density at radius 3 is 2.35 bits per heavy atom. The van der Waals surface area contributed by atoms with Gasteiger partial charge < -0.3 is 10.3 Å². The molecule has 0 aliphatic carbocycles. The molecule has 0 unspecified atom stereocenters. The summed E-state index contributed by atoms with van der Waals surface area (Å²) in [7, 11) is -3.88. The molecule has 8 heteroatoms. The molecule has 122 valence electrons. The molecule has 1 amide bonds. The highest BCUT2D eigenvalue weighted by molar-refractivity contribution is 9.10.